The Kier molecular flexibility index (Phi) is 3.26. The summed E-state index contributed by atoms with van der Waals surface area (Å²) in [6.45, 7) is 0. The molecule has 0 aliphatic heterocycles. The number of allylic oxidation sites excluding steroid dienone is 2. The molecule has 1 aromatic carbocycles. The van der Waals surface area contributed by atoms with Crippen molar-refractivity contribution in [1.82, 2.24) is 0 Å². The van der Waals surface area contributed by atoms with E-state index in [2.05, 4.69) is 12.2 Å². The SMILES string of the molecule is C1=CC2CCC1C2.Clc1ccccc1. The largest absolute Gasteiger partial charge is 0.0851 e. The Hall–Kier alpha value is -0.750. The second-order valence-corrected chi connectivity index (χ2v) is 4.45. The first-order valence-electron chi connectivity index (χ1n) is 5.23. The Morgan fingerprint density at radius 3 is 1.71 bits per heavy atom. The van der Waals surface area contributed by atoms with E-state index in [1.54, 1.807) is 0 Å². The van der Waals surface area contributed by atoms with E-state index in [0.29, 0.717) is 0 Å². The number of hydrogen-bond donors (Lipinski definition) is 0. The number of halogens is 1. The van der Waals surface area contributed by atoms with E-state index in [-0.39, 0.29) is 0 Å². The molecule has 2 unspecified atom stereocenters. The fourth-order valence-electron chi connectivity index (χ4n) is 2.13. The predicted molar refractivity (Wildman–Crippen MR) is 61.4 cm³/mol. The number of fused-ring (bicyclic) bond motifs is 2. The minimum absolute atomic E-state index is 0.794. The molecular formula is C13H15Cl. The Balaban J connectivity index is 0.000000107. The lowest BCUT2D eigenvalue weighted by atomic mass is 10.1. The highest BCUT2D eigenvalue weighted by atomic mass is 35.5. The molecule has 0 amide bonds. The van der Waals surface area contributed by atoms with Crippen molar-refractivity contribution in [2.45, 2.75) is 19.3 Å². The van der Waals surface area contributed by atoms with Crippen molar-refractivity contribution < 1.29 is 0 Å². The summed E-state index contributed by atoms with van der Waals surface area (Å²) in [7, 11) is 0. The van der Waals surface area contributed by atoms with Crippen LogP contribution in [0.15, 0.2) is 42.5 Å². The number of rotatable bonds is 0. The van der Waals surface area contributed by atoms with Gasteiger partial charge in [-0.1, -0.05) is 42.0 Å². The normalized spacial score (nSPS) is 27.2. The van der Waals surface area contributed by atoms with Gasteiger partial charge in [0.15, 0.2) is 0 Å². The van der Waals surface area contributed by atoms with Gasteiger partial charge >= 0.3 is 0 Å². The van der Waals surface area contributed by atoms with E-state index in [0.717, 1.165) is 16.9 Å². The van der Waals surface area contributed by atoms with Crippen molar-refractivity contribution in [2.75, 3.05) is 0 Å². The molecular weight excluding hydrogens is 192 g/mol. The van der Waals surface area contributed by atoms with Gasteiger partial charge in [0, 0.05) is 5.02 Å². The first-order valence-corrected chi connectivity index (χ1v) is 5.61. The smallest absolute Gasteiger partial charge is 0.0405 e. The van der Waals surface area contributed by atoms with Gasteiger partial charge in [-0.3, -0.25) is 0 Å². The molecule has 2 aliphatic rings. The lowest BCUT2D eigenvalue weighted by Gasteiger charge is -1.96. The van der Waals surface area contributed by atoms with E-state index in [1.165, 1.54) is 19.3 Å². The first-order chi connectivity index (χ1) is 6.84. The van der Waals surface area contributed by atoms with Crippen LogP contribution in [-0.2, 0) is 0 Å². The number of benzene rings is 1. The van der Waals surface area contributed by atoms with Crippen LogP contribution in [0.5, 0.6) is 0 Å². The molecule has 74 valence electrons. The van der Waals surface area contributed by atoms with Crippen molar-refractivity contribution in [3.8, 4) is 0 Å². The van der Waals surface area contributed by atoms with E-state index in [1.807, 2.05) is 30.3 Å². The van der Waals surface area contributed by atoms with E-state index >= 15 is 0 Å². The zero-order valence-electron chi connectivity index (χ0n) is 8.20. The molecule has 0 radical (unpaired) electrons. The summed E-state index contributed by atoms with van der Waals surface area (Å²) in [5, 5.41) is 0.794. The van der Waals surface area contributed by atoms with Crippen LogP contribution in [0.4, 0.5) is 0 Å². The molecule has 0 N–H and O–H groups in total. The Morgan fingerprint density at radius 1 is 0.929 bits per heavy atom. The standard InChI is InChI=1S/C7H10.C6H5Cl/c1-2-7-4-3-6(1)5-7;7-6-4-2-1-3-5-6/h1-2,6-7H,3-5H2;1-5H. The lowest BCUT2D eigenvalue weighted by Crippen LogP contribution is -1.82. The average molecular weight is 207 g/mol. The van der Waals surface area contributed by atoms with Gasteiger partial charge in [-0.25, -0.2) is 0 Å². The third kappa shape index (κ3) is 2.62. The second kappa shape index (κ2) is 4.65. The summed E-state index contributed by atoms with van der Waals surface area (Å²) in [5.41, 5.74) is 0. The van der Waals surface area contributed by atoms with E-state index in [4.69, 9.17) is 11.6 Å². The molecule has 14 heavy (non-hydrogen) atoms. The maximum absolute atomic E-state index is 5.54. The molecule has 0 aromatic heterocycles. The van der Waals surface area contributed by atoms with Crippen molar-refractivity contribution in [3.63, 3.8) is 0 Å². The third-order valence-electron chi connectivity index (χ3n) is 2.90. The summed E-state index contributed by atoms with van der Waals surface area (Å²) < 4.78 is 0. The topological polar surface area (TPSA) is 0 Å². The van der Waals surface area contributed by atoms with Crippen LogP contribution in [0.3, 0.4) is 0 Å². The molecule has 2 bridgehead atoms. The molecule has 0 saturated heterocycles. The van der Waals surface area contributed by atoms with Gasteiger partial charge in [0.2, 0.25) is 0 Å². The van der Waals surface area contributed by atoms with E-state index < -0.39 is 0 Å². The summed E-state index contributed by atoms with van der Waals surface area (Å²) >= 11 is 5.54. The van der Waals surface area contributed by atoms with Gasteiger partial charge in [-0.2, -0.15) is 0 Å². The molecule has 1 fully saturated rings. The zero-order chi connectivity index (χ0) is 9.80. The van der Waals surface area contributed by atoms with Gasteiger partial charge in [0.05, 0.1) is 0 Å². The highest BCUT2D eigenvalue weighted by Crippen LogP contribution is 2.38. The molecule has 0 nitrogen and oxygen atoms in total. The molecule has 0 heterocycles. The van der Waals surface area contributed by atoms with Crippen LogP contribution in [0.2, 0.25) is 5.02 Å². The quantitative estimate of drug-likeness (QED) is 0.555. The van der Waals surface area contributed by atoms with Crippen LogP contribution >= 0.6 is 11.6 Å². The predicted octanol–water partition coefficient (Wildman–Crippen LogP) is 4.31. The van der Waals surface area contributed by atoms with Crippen LogP contribution < -0.4 is 0 Å². The fourth-order valence-corrected chi connectivity index (χ4v) is 2.28. The average Bonchev–Trinajstić information content (AvgIpc) is 2.83. The maximum atomic E-state index is 5.54. The number of hydrogen-bond acceptors (Lipinski definition) is 0. The van der Waals surface area contributed by atoms with Gasteiger partial charge in [-0.05, 0) is 43.2 Å². The molecule has 1 aromatic rings. The van der Waals surface area contributed by atoms with Crippen molar-refractivity contribution in [3.05, 3.63) is 47.5 Å². The van der Waals surface area contributed by atoms with Gasteiger partial charge in [-0.15, -0.1) is 0 Å². The zero-order valence-corrected chi connectivity index (χ0v) is 8.95. The van der Waals surface area contributed by atoms with Crippen LogP contribution in [0, 0.1) is 11.8 Å². The monoisotopic (exact) mass is 206 g/mol. The highest BCUT2D eigenvalue weighted by Gasteiger charge is 2.25. The fraction of sp³-hybridized carbons (Fsp3) is 0.385. The molecule has 2 aliphatic carbocycles. The second-order valence-electron chi connectivity index (χ2n) is 4.01. The van der Waals surface area contributed by atoms with Gasteiger partial charge in [0.1, 0.15) is 0 Å². The molecule has 3 rings (SSSR count). The van der Waals surface area contributed by atoms with Crippen molar-refractivity contribution in [2.24, 2.45) is 11.8 Å². The molecule has 0 spiro atoms. The molecule has 1 heteroatoms. The molecule has 1 saturated carbocycles. The van der Waals surface area contributed by atoms with Crippen LogP contribution in [-0.4, -0.2) is 0 Å². The third-order valence-corrected chi connectivity index (χ3v) is 3.15. The van der Waals surface area contributed by atoms with Crippen LogP contribution in [0.25, 0.3) is 0 Å². The Morgan fingerprint density at radius 2 is 1.50 bits per heavy atom. The minimum Gasteiger partial charge on any atom is -0.0851 e. The Labute approximate surface area is 90.6 Å². The Bertz CT molecular complexity index is 290. The minimum atomic E-state index is 0.794. The van der Waals surface area contributed by atoms with Crippen molar-refractivity contribution in [1.29, 1.82) is 0 Å². The van der Waals surface area contributed by atoms with Gasteiger partial charge < -0.3 is 0 Å². The lowest BCUT2D eigenvalue weighted by molar-refractivity contribution is 0.691. The van der Waals surface area contributed by atoms with Crippen molar-refractivity contribution >= 4 is 11.6 Å². The van der Waals surface area contributed by atoms with E-state index in [9.17, 15) is 0 Å². The first kappa shape index (κ1) is 9.79. The summed E-state index contributed by atoms with van der Waals surface area (Å²) in [6.07, 6.45) is 9.19. The summed E-state index contributed by atoms with van der Waals surface area (Å²) in [6, 6.07) is 9.44. The summed E-state index contributed by atoms with van der Waals surface area (Å²) in [5.74, 6) is 1.98. The van der Waals surface area contributed by atoms with Gasteiger partial charge in [0.25, 0.3) is 0 Å². The maximum Gasteiger partial charge on any atom is 0.0405 e. The molecule has 2 atom stereocenters. The van der Waals surface area contributed by atoms with Crippen LogP contribution in [0.1, 0.15) is 19.3 Å². The highest BCUT2D eigenvalue weighted by molar-refractivity contribution is 6.30. The summed E-state index contributed by atoms with van der Waals surface area (Å²) in [4.78, 5) is 0.